The van der Waals surface area contributed by atoms with E-state index < -0.39 is 23.6 Å². The van der Waals surface area contributed by atoms with Gasteiger partial charge in [-0.3, -0.25) is 4.90 Å². The molecule has 1 rings (SSSR count). The molecule has 0 amide bonds. The van der Waals surface area contributed by atoms with Crippen LogP contribution in [0.4, 0.5) is 8.78 Å². The minimum absolute atomic E-state index is 0.115. The van der Waals surface area contributed by atoms with Crippen molar-refractivity contribution in [3.05, 3.63) is 35.4 Å². The number of carbonyl (C=O) groups is 1. The fraction of sp³-hybridized carbons (Fsp3) is 0.333. The van der Waals surface area contributed by atoms with Gasteiger partial charge in [0, 0.05) is 5.56 Å². The lowest BCUT2D eigenvalue weighted by molar-refractivity contribution is -0.146. The minimum atomic E-state index is -1.15. The van der Waals surface area contributed by atoms with E-state index in [0.717, 1.165) is 25.3 Å². The molecule has 4 nitrogen and oxygen atoms in total. The van der Waals surface area contributed by atoms with E-state index in [1.165, 1.54) is 11.9 Å². The zero-order valence-electron chi connectivity index (χ0n) is 9.98. The standard InChI is InChI=1S/C12H12F2N2O2/c1-16(6-5-15)11(12(17)18-2)9-7-8(13)3-4-10(9)14/h3-4,7,11H,6H2,1-2H3/t11-/m0/s1. The van der Waals surface area contributed by atoms with Crippen molar-refractivity contribution in [1.29, 1.82) is 5.26 Å². The lowest BCUT2D eigenvalue weighted by atomic mass is 10.0. The molecule has 0 aliphatic rings. The van der Waals surface area contributed by atoms with Crippen LogP contribution in [0.25, 0.3) is 0 Å². The van der Waals surface area contributed by atoms with Gasteiger partial charge in [-0.15, -0.1) is 0 Å². The molecule has 0 radical (unpaired) electrons. The first-order valence-corrected chi connectivity index (χ1v) is 5.11. The van der Waals surface area contributed by atoms with Crippen LogP contribution in [0.3, 0.4) is 0 Å². The van der Waals surface area contributed by atoms with Crippen LogP contribution in [-0.2, 0) is 9.53 Å². The number of ether oxygens (including phenoxy) is 1. The highest BCUT2D eigenvalue weighted by atomic mass is 19.1. The van der Waals surface area contributed by atoms with E-state index in [1.54, 1.807) is 0 Å². The molecule has 0 saturated carbocycles. The molecule has 6 heteroatoms. The summed E-state index contributed by atoms with van der Waals surface area (Å²) in [6.45, 7) is -0.115. The molecule has 0 spiro atoms. The zero-order chi connectivity index (χ0) is 13.7. The number of halogens is 2. The summed E-state index contributed by atoms with van der Waals surface area (Å²) >= 11 is 0. The molecule has 0 bridgehead atoms. The average molecular weight is 254 g/mol. The third kappa shape index (κ3) is 3.02. The Bertz CT molecular complexity index is 485. The van der Waals surface area contributed by atoms with Crippen molar-refractivity contribution in [2.45, 2.75) is 6.04 Å². The molecule has 96 valence electrons. The normalized spacial score (nSPS) is 12.0. The molecule has 1 atom stereocenters. The Morgan fingerprint density at radius 1 is 1.56 bits per heavy atom. The number of nitrogens with zero attached hydrogens (tertiary/aromatic N) is 2. The fourth-order valence-corrected chi connectivity index (χ4v) is 1.58. The Kier molecular flexibility index (Phi) is 4.75. The SMILES string of the molecule is COC(=O)[C@H](c1cc(F)ccc1F)N(C)CC#N. The Balaban J connectivity index is 3.21. The summed E-state index contributed by atoms with van der Waals surface area (Å²) in [5, 5.41) is 8.60. The van der Waals surface area contributed by atoms with Gasteiger partial charge in [0.05, 0.1) is 19.7 Å². The van der Waals surface area contributed by atoms with Crippen molar-refractivity contribution in [3.8, 4) is 6.07 Å². The molecule has 0 aliphatic carbocycles. The summed E-state index contributed by atoms with van der Waals surface area (Å²) in [7, 11) is 2.60. The predicted octanol–water partition coefficient (Wildman–Crippen LogP) is 1.63. The van der Waals surface area contributed by atoms with Crippen LogP contribution in [0.15, 0.2) is 18.2 Å². The summed E-state index contributed by atoms with van der Waals surface area (Å²) in [6, 6.07) is 3.49. The summed E-state index contributed by atoms with van der Waals surface area (Å²) in [4.78, 5) is 12.9. The Labute approximate surface area is 103 Å². The van der Waals surface area contributed by atoms with Crippen molar-refractivity contribution in [3.63, 3.8) is 0 Å². The Hall–Kier alpha value is -2.00. The van der Waals surface area contributed by atoms with Crippen LogP contribution >= 0.6 is 0 Å². The number of esters is 1. The molecule has 18 heavy (non-hydrogen) atoms. The van der Waals surface area contributed by atoms with Gasteiger partial charge in [0.25, 0.3) is 0 Å². The van der Waals surface area contributed by atoms with E-state index in [1.807, 2.05) is 6.07 Å². The second-order valence-corrected chi connectivity index (χ2v) is 3.66. The minimum Gasteiger partial charge on any atom is -0.468 e. The Morgan fingerprint density at radius 2 is 2.22 bits per heavy atom. The molecule has 1 aromatic rings. The van der Waals surface area contributed by atoms with Gasteiger partial charge < -0.3 is 4.74 Å². The smallest absolute Gasteiger partial charge is 0.327 e. The Morgan fingerprint density at radius 3 is 2.78 bits per heavy atom. The van der Waals surface area contributed by atoms with E-state index in [4.69, 9.17) is 5.26 Å². The van der Waals surface area contributed by atoms with Crippen molar-refractivity contribution in [2.24, 2.45) is 0 Å². The molecule has 0 aliphatic heterocycles. The van der Waals surface area contributed by atoms with Crippen LogP contribution in [0.1, 0.15) is 11.6 Å². The number of methoxy groups -OCH3 is 1. The molecule has 0 unspecified atom stereocenters. The van der Waals surface area contributed by atoms with Crippen molar-refractivity contribution in [2.75, 3.05) is 20.7 Å². The van der Waals surface area contributed by atoms with Gasteiger partial charge in [-0.1, -0.05) is 0 Å². The van der Waals surface area contributed by atoms with Gasteiger partial charge in [0.15, 0.2) is 0 Å². The van der Waals surface area contributed by atoms with E-state index in [2.05, 4.69) is 4.74 Å². The molecule has 0 aromatic heterocycles. The maximum Gasteiger partial charge on any atom is 0.327 e. The summed E-state index contributed by atoms with van der Waals surface area (Å²) in [5.41, 5.74) is -0.153. The van der Waals surface area contributed by atoms with Crippen LogP contribution in [0.5, 0.6) is 0 Å². The van der Waals surface area contributed by atoms with Gasteiger partial charge in [-0.2, -0.15) is 5.26 Å². The van der Waals surface area contributed by atoms with Gasteiger partial charge in [0.2, 0.25) is 0 Å². The second-order valence-electron chi connectivity index (χ2n) is 3.66. The second kappa shape index (κ2) is 6.07. The number of carbonyl (C=O) groups excluding carboxylic acids is 1. The molecule has 0 N–H and O–H groups in total. The largest absolute Gasteiger partial charge is 0.468 e. The van der Waals surface area contributed by atoms with Gasteiger partial charge in [-0.05, 0) is 25.2 Å². The highest BCUT2D eigenvalue weighted by molar-refractivity contribution is 5.77. The number of nitriles is 1. The topological polar surface area (TPSA) is 53.3 Å². The van der Waals surface area contributed by atoms with Crippen LogP contribution in [0.2, 0.25) is 0 Å². The van der Waals surface area contributed by atoms with E-state index in [0.29, 0.717) is 0 Å². The highest BCUT2D eigenvalue weighted by Crippen LogP contribution is 2.24. The molecule has 1 aromatic carbocycles. The van der Waals surface area contributed by atoms with E-state index in [-0.39, 0.29) is 12.1 Å². The van der Waals surface area contributed by atoms with Crippen LogP contribution in [-0.4, -0.2) is 31.6 Å². The third-order valence-electron chi connectivity index (χ3n) is 2.44. The van der Waals surface area contributed by atoms with Gasteiger partial charge >= 0.3 is 5.97 Å². The monoisotopic (exact) mass is 254 g/mol. The highest BCUT2D eigenvalue weighted by Gasteiger charge is 2.29. The number of hydrogen-bond donors (Lipinski definition) is 0. The lowest BCUT2D eigenvalue weighted by Crippen LogP contribution is -2.32. The number of benzene rings is 1. The van der Waals surface area contributed by atoms with E-state index in [9.17, 15) is 13.6 Å². The van der Waals surface area contributed by atoms with Gasteiger partial charge in [-0.25, -0.2) is 13.6 Å². The quantitative estimate of drug-likeness (QED) is 0.605. The summed E-state index contributed by atoms with van der Waals surface area (Å²) in [6.07, 6.45) is 0. The molecular formula is C12H12F2N2O2. The summed E-state index contributed by atoms with van der Waals surface area (Å²) in [5.74, 6) is -2.14. The van der Waals surface area contributed by atoms with Crippen molar-refractivity contribution >= 4 is 5.97 Å². The average Bonchev–Trinajstić information content (AvgIpc) is 2.34. The molecule has 0 heterocycles. The molecule has 0 fully saturated rings. The molecule has 0 saturated heterocycles. The van der Waals surface area contributed by atoms with Crippen LogP contribution < -0.4 is 0 Å². The fourth-order valence-electron chi connectivity index (χ4n) is 1.58. The number of rotatable bonds is 4. The number of likely N-dealkylation sites (N-methyl/N-ethyl adjacent to an activating group) is 1. The summed E-state index contributed by atoms with van der Waals surface area (Å²) < 4.78 is 31.3. The first-order chi connectivity index (χ1) is 8.51. The van der Waals surface area contributed by atoms with Crippen LogP contribution in [0, 0.1) is 23.0 Å². The third-order valence-corrected chi connectivity index (χ3v) is 2.44. The zero-order valence-corrected chi connectivity index (χ0v) is 9.98. The van der Waals surface area contributed by atoms with Crippen molar-refractivity contribution < 1.29 is 18.3 Å². The molecular weight excluding hydrogens is 242 g/mol. The number of hydrogen-bond acceptors (Lipinski definition) is 4. The van der Waals surface area contributed by atoms with Gasteiger partial charge in [0.1, 0.15) is 17.7 Å². The maximum atomic E-state index is 13.6. The first-order valence-electron chi connectivity index (χ1n) is 5.11. The van der Waals surface area contributed by atoms with Crippen molar-refractivity contribution in [1.82, 2.24) is 4.90 Å². The lowest BCUT2D eigenvalue weighted by Gasteiger charge is -2.24. The van der Waals surface area contributed by atoms with E-state index >= 15 is 0 Å². The maximum absolute atomic E-state index is 13.6. The predicted molar refractivity (Wildman–Crippen MR) is 59.4 cm³/mol. The first kappa shape index (κ1) is 14.1.